The van der Waals surface area contributed by atoms with Crippen molar-refractivity contribution in [3.63, 3.8) is 0 Å². The van der Waals surface area contributed by atoms with Crippen molar-refractivity contribution in [3.8, 4) is 5.75 Å². The van der Waals surface area contributed by atoms with Crippen LogP contribution in [0.2, 0.25) is 0 Å². The summed E-state index contributed by atoms with van der Waals surface area (Å²) in [5.41, 5.74) is 0.518. The van der Waals surface area contributed by atoms with Gasteiger partial charge in [0.1, 0.15) is 17.7 Å². The van der Waals surface area contributed by atoms with Gasteiger partial charge in [0.25, 0.3) is 0 Å². The summed E-state index contributed by atoms with van der Waals surface area (Å²) in [7, 11) is 1.95. The standard InChI is InChI=1S/C39H43FN4O7S2/c1-44(25-7-9-26(10-8-25)51-38(49)39(50,34-4-2-18-52-34)35-5-3-19-53-35)17-16-37(48)43-31-13-6-24(20-30(31)40)21-41-23-33(46)28-11-14-32(45)29-22-42-36(47)15-12-27(28)29/h2-6,11-15,18-20,25-26,33,41,45-46,50H,7-10,16-17,21-23H2,1H3,(H,42,47)(H,43,48)/t25?,26?,33-/m0/s1. The Kier molecular flexibility index (Phi) is 12.4. The number of hydrogen-bond acceptors (Lipinski definition) is 11. The Labute approximate surface area is 315 Å². The number of nitrogens with zero attached hydrogens (tertiary/aromatic N) is 1. The average Bonchev–Trinajstić information content (AvgIpc) is 3.87. The number of hydrogen-bond donors (Lipinski definition) is 6. The molecule has 1 aliphatic heterocycles. The van der Waals surface area contributed by atoms with Crippen LogP contribution in [0.15, 0.2) is 71.4 Å². The third kappa shape index (κ3) is 9.03. The normalized spacial score (nSPS) is 17.9. The highest BCUT2D eigenvalue weighted by molar-refractivity contribution is 7.12. The molecular weight excluding hydrogens is 720 g/mol. The highest BCUT2D eigenvalue weighted by atomic mass is 32.1. The van der Waals surface area contributed by atoms with Crippen molar-refractivity contribution in [2.75, 3.05) is 25.5 Å². The molecule has 4 aromatic rings. The van der Waals surface area contributed by atoms with Gasteiger partial charge < -0.3 is 40.9 Å². The number of aliphatic hydroxyl groups excluding tert-OH is 1. The number of amides is 2. The van der Waals surface area contributed by atoms with E-state index in [2.05, 4.69) is 20.9 Å². The molecule has 6 N–H and O–H groups in total. The van der Waals surface area contributed by atoms with Crippen molar-refractivity contribution >= 4 is 52.2 Å². The molecule has 53 heavy (non-hydrogen) atoms. The third-order valence-corrected chi connectivity index (χ3v) is 11.8. The molecule has 0 unspecified atom stereocenters. The first-order valence-electron chi connectivity index (χ1n) is 17.5. The summed E-state index contributed by atoms with van der Waals surface area (Å²) in [5.74, 6) is -1.81. The predicted octanol–water partition coefficient (Wildman–Crippen LogP) is 5.17. The molecule has 2 amide bonds. The monoisotopic (exact) mass is 762 g/mol. The number of ether oxygens (including phenoxy) is 1. The smallest absolute Gasteiger partial charge is 0.349 e. The molecule has 0 saturated heterocycles. The van der Waals surface area contributed by atoms with Crippen LogP contribution in [0.1, 0.15) is 70.2 Å². The van der Waals surface area contributed by atoms with E-state index in [0.29, 0.717) is 51.4 Å². The largest absolute Gasteiger partial charge is 0.508 e. The van der Waals surface area contributed by atoms with Gasteiger partial charge in [-0.25, -0.2) is 9.18 Å². The Hall–Kier alpha value is -4.44. The van der Waals surface area contributed by atoms with Gasteiger partial charge in [-0.05, 0) is 96.6 Å². The molecule has 6 rings (SSSR count). The second-order valence-electron chi connectivity index (χ2n) is 13.4. The topological polar surface area (TPSA) is 160 Å². The lowest BCUT2D eigenvalue weighted by molar-refractivity contribution is -0.169. The number of fused-ring (bicyclic) bond motifs is 1. The van der Waals surface area contributed by atoms with E-state index in [0.717, 1.165) is 12.8 Å². The molecule has 1 aliphatic carbocycles. The molecule has 0 radical (unpaired) electrons. The van der Waals surface area contributed by atoms with Gasteiger partial charge in [0.05, 0.1) is 21.5 Å². The fraction of sp³-hybridized carbons (Fsp3) is 0.359. The summed E-state index contributed by atoms with van der Waals surface area (Å²) in [6.45, 7) is 1.01. The Bertz CT molecular complexity index is 1890. The van der Waals surface area contributed by atoms with E-state index >= 15 is 0 Å². The van der Waals surface area contributed by atoms with Crippen LogP contribution in [0.3, 0.4) is 0 Å². The van der Waals surface area contributed by atoms with Gasteiger partial charge in [-0.15, -0.1) is 22.7 Å². The van der Waals surface area contributed by atoms with Crippen molar-refractivity contribution in [2.24, 2.45) is 0 Å². The maximum Gasteiger partial charge on any atom is 0.349 e. The molecule has 1 saturated carbocycles. The molecule has 14 heteroatoms. The number of carbonyl (C=O) groups excluding carboxylic acids is 3. The maximum atomic E-state index is 15.0. The van der Waals surface area contributed by atoms with Crippen LogP contribution >= 0.6 is 22.7 Å². The minimum absolute atomic E-state index is 0.0284. The number of carbonyl (C=O) groups is 3. The van der Waals surface area contributed by atoms with E-state index in [-0.39, 0.29) is 61.5 Å². The van der Waals surface area contributed by atoms with Crippen LogP contribution in [0.5, 0.6) is 5.75 Å². The molecule has 11 nitrogen and oxygen atoms in total. The molecule has 0 bridgehead atoms. The highest BCUT2D eigenvalue weighted by Gasteiger charge is 2.45. The van der Waals surface area contributed by atoms with Crippen molar-refractivity contribution in [2.45, 2.75) is 69.0 Å². The summed E-state index contributed by atoms with van der Waals surface area (Å²) in [6.07, 6.45) is 4.64. The zero-order chi connectivity index (χ0) is 37.5. The number of rotatable bonds is 14. The average molecular weight is 763 g/mol. The van der Waals surface area contributed by atoms with Crippen molar-refractivity contribution < 1.29 is 38.8 Å². The summed E-state index contributed by atoms with van der Waals surface area (Å²) < 4.78 is 20.9. The number of phenols is 1. The zero-order valence-electron chi connectivity index (χ0n) is 29.2. The zero-order valence-corrected chi connectivity index (χ0v) is 30.9. The first-order valence-corrected chi connectivity index (χ1v) is 19.3. The van der Waals surface area contributed by atoms with E-state index in [1.165, 1.54) is 46.9 Å². The number of aromatic hydroxyl groups is 1. The van der Waals surface area contributed by atoms with Crippen LogP contribution in [0, 0.1) is 5.82 Å². The Morgan fingerprint density at radius 2 is 1.77 bits per heavy atom. The van der Waals surface area contributed by atoms with E-state index in [1.807, 2.05) is 17.8 Å². The second-order valence-corrected chi connectivity index (χ2v) is 15.3. The first kappa shape index (κ1) is 38.3. The first-order chi connectivity index (χ1) is 25.5. The minimum atomic E-state index is -1.83. The van der Waals surface area contributed by atoms with E-state index < -0.39 is 23.5 Å². The lowest BCUT2D eigenvalue weighted by Crippen LogP contribution is -2.42. The van der Waals surface area contributed by atoms with Gasteiger partial charge in [-0.3, -0.25) is 9.59 Å². The van der Waals surface area contributed by atoms with Crippen molar-refractivity contribution in [1.82, 2.24) is 15.5 Å². The predicted molar refractivity (Wildman–Crippen MR) is 202 cm³/mol. The van der Waals surface area contributed by atoms with Crippen LogP contribution in [-0.2, 0) is 37.8 Å². The van der Waals surface area contributed by atoms with E-state index in [1.54, 1.807) is 42.5 Å². The Morgan fingerprint density at radius 1 is 1.06 bits per heavy atom. The van der Waals surface area contributed by atoms with Crippen molar-refractivity contribution in [3.05, 3.63) is 109 Å². The van der Waals surface area contributed by atoms with Crippen LogP contribution in [0.25, 0.3) is 6.08 Å². The summed E-state index contributed by atoms with van der Waals surface area (Å²) in [5, 5.41) is 44.7. The number of nitrogens with one attached hydrogen (secondary N) is 3. The fourth-order valence-electron chi connectivity index (χ4n) is 6.78. The number of aliphatic hydroxyl groups is 2. The number of esters is 1. The van der Waals surface area contributed by atoms with Gasteiger partial charge in [0, 0.05) is 50.3 Å². The third-order valence-electron chi connectivity index (χ3n) is 9.82. The molecule has 1 atom stereocenters. The quantitative estimate of drug-likeness (QED) is 0.0954. The van der Waals surface area contributed by atoms with Crippen LogP contribution < -0.4 is 16.0 Å². The summed E-state index contributed by atoms with van der Waals surface area (Å²) in [4.78, 5) is 41.0. The molecule has 1 fully saturated rings. The van der Waals surface area contributed by atoms with Crippen LogP contribution in [-0.4, -0.2) is 70.3 Å². The number of halogens is 1. The Morgan fingerprint density at radius 3 is 2.43 bits per heavy atom. The fourth-order valence-corrected chi connectivity index (χ4v) is 8.49. The Balaban J connectivity index is 0.927. The number of phenolic OH excluding ortho intramolecular Hbond substituents is 1. The minimum Gasteiger partial charge on any atom is -0.508 e. The molecule has 0 spiro atoms. The number of anilines is 1. The SMILES string of the molecule is CN(CCC(=O)Nc1ccc(CNC[C@H](O)c2ccc(O)c3c2C=CC(=O)NC3)cc1F)C1CCC(OC(=O)C(O)(c2cccs2)c2cccs2)CC1. The van der Waals surface area contributed by atoms with Gasteiger partial charge in [0.15, 0.2) is 0 Å². The summed E-state index contributed by atoms with van der Waals surface area (Å²) in [6, 6.07) is 14.9. The van der Waals surface area contributed by atoms with Gasteiger partial charge >= 0.3 is 5.97 Å². The van der Waals surface area contributed by atoms with Crippen LogP contribution in [0.4, 0.5) is 10.1 Å². The molecule has 280 valence electrons. The molecular formula is C39H43FN4O7S2. The number of thiophene rings is 2. The van der Waals surface area contributed by atoms with E-state index in [9.17, 15) is 34.1 Å². The second kappa shape index (κ2) is 17.1. The van der Waals surface area contributed by atoms with Gasteiger partial charge in [-0.2, -0.15) is 0 Å². The van der Waals surface area contributed by atoms with Gasteiger partial charge in [-0.1, -0.05) is 24.3 Å². The maximum absolute atomic E-state index is 15.0. The summed E-state index contributed by atoms with van der Waals surface area (Å²) >= 11 is 2.62. The van der Waals surface area contributed by atoms with E-state index in [4.69, 9.17) is 4.74 Å². The molecule has 2 aliphatic rings. The highest BCUT2D eigenvalue weighted by Crippen LogP contribution is 2.38. The molecule has 2 aromatic carbocycles. The molecule has 2 aromatic heterocycles. The van der Waals surface area contributed by atoms with Gasteiger partial charge in [0.2, 0.25) is 17.4 Å². The molecule has 3 heterocycles. The number of benzene rings is 2. The van der Waals surface area contributed by atoms with Crippen molar-refractivity contribution in [1.29, 1.82) is 0 Å². The lowest BCUT2D eigenvalue weighted by atomic mass is 9.91. The lowest BCUT2D eigenvalue weighted by Gasteiger charge is -2.35.